The maximum atomic E-state index is 12.8. The number of aromatic hydroxyl groups is 1. The Balaban J connectivity index is 2.83. The predicted octanol–water partition coefficient (Wildman–Crippen LogP) is 3.49. The average molecular weight is 349 g/mol. The van der Waals surface area contributed by atoms with E-state index in [-0.39, 0.29) is 17.0 Å². The van der Waals surface area contributed by atoms with E-state index in [1.807, 2.05) is 20.8 Å². The lowest BCUT2D eigenvalue weighted by atomic mass is 10.0. The van der Waals surface area contributed by atoms with Crippen LogP contribution in [0.15, 0.2) is 16.9 Å². The molecule has 1 heterocycles. The normalized spacial score (nSPS) is 10.4. The van der Waals surface area contributed by atoms with E-state index in [2.05, 4.69) is 11.8 Å². The standard InChI is InChI=1S/C18H21ClN2O3/c1-5-9-12-10-13(19)15(14(11-12)24-8-4)16-17(22)20(6-2)21(7-3)18(16)23/h10-11,22H,6-8H2,1-4H3. The van der Waals surface area contributed by atoms with E-state index in [4.69, 9.17) is 16.3 Å². The summed E-state index contributed by atoms with van der Waals surface area (Å²) < 4.78 is 8.68. The smallest absolute Gasteiger partial charge is 0.278 e. The van der Waals surface area contributed by atoms with Gasteiger partial charge in [-0.2, -0.15) is 0 Å². The van der Waals surface area contributed by atoms with Gasteiger partial charge in [-0.25, -0.2) is 4.68 Å². The highest BCUT2D eigenvalue weighted by Gasteiger charge is 2.25. The third-order valence-corrected chi connectivity index (χ3v) is 3.98. The molecule has 0 saturated heterocycles. The van der Waals surface area contributed by atoms with Crippen LogP contribution in [-0.2, 0) is 13.1 Å². The molecule has 1 aromatic carbocycles. The number of ether oxygens (including phenoxy) is 1. The Bertz CT molecular complexity index is 869. The summed E-state index contributed by atoms with van der Waals surface area (Å²) in [7, 11) is 0. The van der Waals surface area contributed by atoms with Crippen LogP contribution >= 0.6 is 11.6 Å². The van der Waals surface area contributed by atoms with Gasteiger partial charge in [0.25, 0.3) is 5.56 Å². The van der Waals surface area contributed by atoms with Crippen molar-refractivity contribution < 1.29 is 9.84 Å². The minimum absolute atomic E-state index is 0.110. The molecule has 0 fully saturated rings. The van der Waals surface area contributed by atoms with Gasteiger partial charge in [-0.05, 0) is 39.8 Å². The molecule has 0 atom stereocenters. The quantitative estimate of drug-likeness (QED) is 0.841. The lowest BCUT2D eigenvalue weighted by Crippen LogP contribution is -2.22. The van der Waals surface area contributed by atoms with Crippen LogP contribution in [-0.4, -0.2) is 21.1 Å². The first-order chi connectivity index (χ1) is 11.5. The van der Waals surface area contributed by atoms with Gasteiger partial charge in [0.05, 0.1) is 17.2 Å². The molecule has 0 aliphatic rings. The highest BCUT2D eigenvalue weighted by atomic mass is 35.5. The molecule has 0 spiro atoms. The number of rotatable bonds is 5. The van der Waals surface area contributed by atoms with E-state index >= 15 is 0 Å². The molecule has 2 rings (SSSR count). The van der Waals surface area contributed by atoms with Crippen LogP contribution in [0.1, 0.15) is 33.3 Å². The van der Waals surface area contributed by atoms with E-state index < -0.39 is 0 Å². The van der Waals surface area contributed by atoms with Crippen LogP contribution in [0.5, 0.6) is 11.6 Å². The Morgan fingerprint density at radius 2 is 1.83 bits per heavy atom. The lowest BCUT2D eigenvalue weighted by molar-refractivity contribution is 0.341. The molecule has 0 unspecified atom stereocenters. The first kappa shape index (κ1) is 18.0. The van der Waals surface area contributed by atoms with Crippen LogP contribution in [0, 0.1) is 11.8 Å². The van der Waals surface area contributed by atoms with E-state index in [1.54, 1.807) is 19.1 Å². The zero-order valence-electron chi connectivity index (χ0n) is 14.3. The van der Waals surface area contributed by atoms with E-state index in [0.717, 1.165) is 0 Å². The van der Waals surface area contributed by atoms with Crippen molar-refractivity contribution in [3.63, 3.8) is 0 Å². The topological polar surface area (TPSA) is 56.4 Å². The third-order valence-electron chi connectivity index (χ3n) is 3.68. The zero-order valence-corrected chi connectivity index (χ0v) is 15.1. The van der Waals surface area contributed by atoms with Crippen molar-refractivity contribution >= 4 is 11.6 Å². The second kappa shape index (κ2) is 7.50. The van der Waals surface area contributed by atoms with Gasteiger partial charge in [0, 0.05) is 18.7 Å². The molecule has 5 nitrogen and oxygen atoms in total. The second-order valence-electron chi connectivity index (χ2n) is 5.07. The van der Waals surface area contributed by atoms with Crippen molar-refractivity contribution in [2.75, 3.05) is 6.61 Å². The van der Waals surface area contributed by atoms with Gasteiger partial charge in [-0.1, -0.05) is 17.5 Å². The molecule has 0 saturated carbocycles. The number of nitrogens with zero attached hydrogens (tertiary/aromatic N) is 2. The molecule has 1 aromatic heterocycles. The van der Waals surface area contributed by atoms with Crippen molar-refractivity contribution in [1.29, 1.82) is 0 Å². The fourth-order valence-corrected chi connectivity index (χ4v) is 3.05. The molecule has 0 radical (unpaired) electrons. The first-order valence-corrected chi connectivity index (χ1v) is 8.29. The van der Waals surface area contributed by atoms with Crippen LogP contribution in [0.3, 0.4) is 0 Å². The largest absolute Gasteiger partial charge is 0.493 e. The van der Waals surface area contributed by atoms with Crippen molar-refractivity contribution in [2.45, 2.75) is 40.8 Å². The van der Waals surface area contributed by atoms with Crippen LogP contribution in [0.2, 0.25) is 5.02 Å². The summed E-state index contributed by atoms with van der Waals surface area (Å²) in [5.74, 6) is 6.07. The SMILES string of the molecule is CC#Cc1cc(Cl)c(-c2c(O)n(CC)n(CC)c2=O)c(OCC)c1. The molecule has 6 heteroatoms. The third kappa shape index (κ3) is 3.02. The molecule has 0 amide bonds. The second-order valence-corrected chi connectivity index (χ2v) is 5.48. The van der Waals surface area contributed by atoms with Crippen molar-refractivity contribution in [2.24, 2.45) is 0 Å². The molecule has 0 aliphatic carbocycles. The molecule has 1 N–H and O–H groups in total. The van der Waals surface area contributed by atoms with Gasteiger partial charge in [0.15, 0.2) is 0 Å². The number of hydrogen-bond donors (Lipinski definition) is 1. The summed E-state index contributed by atoms with van der Waals surface area (Å²) in [4.78, 5) is 12.8. The summed E-state index contributed by atoms with van der Waals surface area (Å²) in [5, 5.41) is 10.9. The Hall–Kier alpha value is -2.32. The molecule has 2 aromatic rings. The lowest BCUT2D eigenvalue weighted by Gasteiger charge is -2.12. The summed E-state index contributed by atoms with van der Waals surface area (Å²) in [6.45, 7) is 8.61. The van der Waals surface area contributed by atoms with Crippen molar-refractivity contribution in [3.8, 4) is 34.6 Å². The van der Waals surface area contributed by atoms with Gasteiger partial charge in [-0.3, -0.25) is 9.48 Å². The predicted molar refractivity (Wildman–Crippen MR) is 95.9 cm³/mol. The van der Waals surface area contributed by atoms with Gasteiger partial charge in [-0.15, -0.1) is 5.92 Å². The van der Waals surface area contributed by atoms with E-state index in [0.29, 0.717) is 41.6 Å². The van der Waals surface area contributed by atoms with Crippen LogP contribution in [0.4, 0.5) is 0 Å². The highest BCUT2D eigenvalue weighted by molar-refractivity contribution is 6.34. The highest BCUT2D eigenvalue weighted by Crippen LogP contribution is 2.40. The zero-order chi connectivity index (χ0) is 17.9. The summed E-state index contributed by atoms with van der Waals surface area (Å²) in [6.07, 6.45) is 0. The minimum atomic E-state index is -0.297. The van der Waals surface area contributed by atoms with Gasteiger partial charge >= 0.3 is 0 Å². The average Bonchev–Trinajstić information content (AvgIpc) is 2.78. The fraction of sp³-hybridized carbons (Fsp3) is 0.389. The van der Waals surface area contributed by atoms with Gasteiger partial charge < -0.3 is 9.84 Å². The maximum absolute atomic E-state index is 12.8. The van der Waals surface area contributed by atoms with Gasteiger partial charge in [0.1, 0.15) is 11.3 Å². The molecule has 0 aliphatic heterocycles. The summed E-state index contributed by atoms with van der Waals surface area (Å²) >= 11 is 6.42. The van der Waals surface area contributed by atoms with Crippen molar-refractivity contribution in [3.05, 3.63) is 33.1 Å². The molecular weight excluding hydrogens is 328 g/mol. The molecule has 0 bridgehead atoms. The number of hydrogen-bond acceptors (Lipinski definition) is 3. The van der Waals surface area contributed by atoms with Crippen LogP contribution in [0.25, 0.3) is 11.1 Å². The first-order valence-electron chi connectivity index (χ1n) is 7.92. The molecule has 128 valence electrons. The van der Waals surface area contributed by atoms with E-state index in [1.165, 1.54) is 9.36 Å². The number of aromatic nitrogens is 2. The fourth-order valence-electron chi connectivity index (χ4n) is 2.74. The Labute approximate surface area is 146 Å². The minimum Gasteiger partial charge on any atom is -0.493 e. The number of benzene rings is 1. The molecular formula is C18H21ClN2O3. The Morgan fingerprint density at radius 3 is 2.33 bits per heavy atom. The van der Waals surface area contributed by atoms with Gasteiger partial charge in [0.2, 0.25) is 5.88 Å². The Kier molecular flexibility index (Phi) is 5.63. The monoisotopic (exact) mass is 348 g/mol. The summed E-state index contributed by atoms with van der Waals surface area (Å²) in [5.41, 5.74) is 0.953. The number of halogens is 1. The summed E-state index contributed by atoms with van der Waals surface area (Å²) in [6, 6.07) is 3.41. The molecule has 24 heavy (non-hydrogen) atoms. The van der Waals surface area contributed by atoms with E-state index in [9.17, 15) is 9.90 Å². The van der Waals surface area contributed by atoms with Crippen LogP contribution < -0.4 is 10.3 Å². The van der Waals surface area contributed by atoms with Crippen molar-refractivity contribution in [1.82, 2.24) is 9.36 Å². The maximum Gasteiger partial charge on any atom is 0.278 e. The Morgan fingerprint density at radius 1 is 1.17 bits per heavy atom.